The van der Waals surface area contributed by atoms with Gasteiger partial charge in [0.05, 0.1) is 0 Å². The maximum absolute atomic E-state index is 2.44. The van der Waals surface area contributed by atoms with Gasteiger partial charge in [0.2, 0.25) is 0 Å². The van der Waals surface area contributed by atoms with Gasteiger partial charge in [-0.2, -0.15) is 0 Å². The van der Waals surface area contributed by atoms with E-state index in [-0.39, 0.29) is 0 Å². The van der Waals surface area contributed by atoms with Crippen molar-refractivity contribution in [1.82, 2.24) is 0 Å². The van der Waals surface area contributed by atoms with Crippen molar-refractivity contribution in [3.8, 4) is 0 Å². The van der Waals surface area contributed by atoms with Gasteiger partial charge in [-0.25, -0.2) is 0 Å². The summed E-state index contributed by atoms with van der Waals surface area (Å²) in [6.45, 7) is 16.7. The van der Waals surface area contributed by atoms with Gasteiger partial charge in [-0.3, -0.25) is 0 Å². The molecule has 0 saturated heterocycles. The topological polar surface area (TPSA) is 0 Å². The maximum Gasteiger partial charge on any atom is -0.0300 e. The molecular formula is C14H30. The minimum Gasteiger partial charge on any atom is -0.0654 e. The highest BCUT2D eigenvalue weighted by Gasteiger charge is 2.33. The highest BCUT2D eigenvalue weighted by molar-refractivity contribution is 4.82. The molecule has 0 fully saturated rings. The van der Waals surface area contributed by atoms with Gasteiger partial charge in [-0.05, 0) is 23.2 Å². The van der Waals surface area contributed by atoms with E-state index in [0.29, 0.717) is 5.41 Å². The predicted octanol–water partition coefficient (Wildman–Crippen LogP) is 5.13. The van der Waals surface area contributed by atoms with Gasteiger partial charge in [0, 0.05) is 0 Å². The summed E-state index contributed by atoms with van der Waals surface area (Å²) in [5, 5.41) is 0. The molecule has 0 nitrogen and oxygen atoms in total. The third kappa shape index (κ3) is 3.29. The average Bonchev–Trinajstić information content (AvgIpc) is 2.15. The molecule has 0 N–H and O–H groups in total. The highest BCUT2D eigenvalue weighted by Crippen LogP contribution is 2.41. The molecule has 0 saturated carbocycles. The second-order valence-corrected chi connectivity index (χ2v) is 5.69. The van der Waals surface area contributed by atoms with Crippen LogP contribution in [0.4, 0.5) is 0 Å². The minimum atomic E-state index is 0.489. The van der Waals surface area contributed by atoms with E-state index in [2.05, 4.69) is 48.5 Å². The average molecular weight is 198 g/mol. The lowest BCUT2D eigenvalue weighted by Gasteiger charge is -2.40. The number of hydrogen-bond donors (Lipinski definition) is 0. The summed E-state index contributed by atoms with van der Waals surface area (Å²) < 4.78 is 0. The molecule has 3 unspecified atom stereocenters. The van der Waals surface area contributed by atoms with Crippen molar-refractivity contribution in [2.24, 2.45) is 23.2 Å². The van der Waals surface area contributed by atoms with Crippen LogP contribution in [0, 0.1) is 23.2 Å². The van der Waals surface area contributed by atoms with Crippen molar-refractivity contribution in [2.45, 2.75) is 67.7 Å². The molecule has 0 rings (SSSR count). The Morgan fingerprint density at radius 3 is 1.86 bits per heavy atom. The van der Waals surface area contributed by atoms with E-state index in [4.69, 9.17) is 0 Å². The van der Waals surface area contributed by atoms with Crippen LogP contribution < -0.4 is 0 Å². The Bertz CT molecular complexity index is 146. The van der Waals surface area contributed by atoms with Crippen LogP contribution in [0.1, 0.15) is 67.7 Å². The summed E-state index contributed by atoms with van der Waals surface area (Å²) in [6.07, 6.45) is 4.00. The Kier molecular flexibility index (Phi) is 5.78. The van der Waals surface area contributed by atoms with Crippen molar-refractivity contribution in [1.29, 1.82) is 0 Å². The Labute approximate surface area is 91.5 Å². The van der Waals surface area contributed by atoms with Gasteiger partial charge in [-0.1, -0.05) is 67.7 Å². The molecule has 0 heteroatoms. The first-order chi connectivity index (χ1) is 6.37. The first-order valence-electron chi connectivity index (χ1n) is 6.37. The zero-order chi connectivity index (χ0) is 11.4. The molecule has 86 valence electrons. The Balaban J connectivity index is 4.39. The molecule has 0 aromatic heterocycles. The van der Waals surface area contributed by atoms with E-state index in [1.165, 1.54) is 19.3 Å². The highest BCUT2D eigenvalue weighted by atomic mass is 14.4. The lowest BCUT2D eigenvalue weighted by atomic mass is 9.65. The fourth-order valence-electron chi connectivity index (χ4n) is 2.41. The van der Waals surface area contributed by atoms with E-state index in [1.807, 2.05) is 0 Å². The summed E-state index contributed by atoms with van der Waals surface area (Å²) in [5.41, 5.74) is 0.489. The van der Waals surface area contributed by atoms with Crippen LogP contribution >= 0.6 is 0 Å². The van der Waals surface area contributed by atoms with Gasteiger partial charge in [-0.15, -0.1) is 0 Å². The molecule has 0 aliphatic heterocycles. The van der Waals surface area contributed by atoms with Crippen LogP contribution in [0.3, 0.4) is 0 Å². The summed E-state index contributed by atoms with van der Waals surface area (Å²) >= 11 is 0. The lowest BCUT2D eigenvalue weighted by molar-refractivity contribution is 0.0892. The molecular weight excluding hydrogens is 168 g/mol. The maximum atomic E-state index is 2.44. The van der Waals surface area contributed by atoms with Gasteiger partial charge < -0.3 is 0 Å². The number of rotatable bonds is 6. The van der Waals surface area contributed by atoms with Crippen LogP contribution in [0.2, 0.25) is 0 Å². The zero-order valence-electron chi connectivity index (χ0n) is 11.4. The van der Waals surface area contributed by atoms with E-state index in [1.54, 1.807) is 0 Å². The van der Waals surface area contributed by atoms with E-state index < -0.39 is 0 Å². The van der Waals surface area contributed by atoms with Crippen LogP contribution in [-0.4, -0.2) is 0 Å². The van der Waals surface area contributed by atoms with Crippen molar-refractivity contribution in [3.05, 3.63) is 0 Å². The molecule has 3 atom stereocenters. The summed E-state index contributed by atoms with van der Waals surface area (Å²) in [4.78, 5) is 0. The second-order valence-electron chi connectivity index (χ2n) is 5.69. The zero-order valence-corrected chi connectivity index (χ0v) is 11.4. The second kappa shape index (κ2) is 5.78. The molecule has 0 aromatic rings. The molecule has 0 aliphatic carbocycles. The first-order valence-corrected chi connectivity index (χ1v) is 6.37. The lowest BCUT2D eigenvalue weighted by Crippen LogP contribution is -2.33. The molecule has 0 amide bonds. The van der Waals surface area contributed by atoms with E-state index in [0.717, 1.165) is 17.8 Å². The van der Waals surface area contributed by atoms with Crippen molar-refractivity contribution >= 4 is 0 Å². The van der Waals surface area contributed by atoms with Crippen LogP contribution in [-0.2, 0) is 0 Å². The minimum absolute atomic E-state index is 0.489. The smallest absolute Gasteiger partial charge is 0.0300 e. The Hall–Kier alpha value is 0. The normalized spacial score (nSPS) is 19.1. The molecule has 0 bridgehead atoms. The third-order valence-corrected chi connectivity index (χ3v) is 4.65. The van der Waals surface area contributed by atoms with Gasteiger partial charge in [0.1, 0.15) is 0 Å². The standard InChI is InChI=1S/C14H30/c1-8-10-11(3)13(5)14(6,7)12(4)9-2/h11-13H,8-10H2,1-7H3. The molecule has 0 aromatic carbocycles. The van der Waals surface area contributed by atoms with Gasteiger partial charge in [0.15, 0.2) is 0 Å². The third-order valence-electron chi connectivity index (χ3n) is 4.65. The van der Waals surface area contributed by atoms with Crippen LogP contribution in [0.25, 0.3) is 0 Å². The Morgan fingerprint density at radius 2 is 1.50 bits per heavy atom. The predicted molar refractivity (Wildman–Crippen MR) is 66.5 cm³/mol. The summed E-state index contributed by atoms with van der Waals surface area (Å²) in [5.74, 6) is 2.53. The fraction of sp³-hybridized carbons (Fsp3) is 1.00. The van der Waals surface area contributed by atoms with E-state index >= 15 is 0 Å². The van der Waals surface area contributed by atoms with Gasteiger partial charge in [0.25, 0.3) is 0 Å². The largest absolute Gasteiger partial charge is 0.0654 e. The van der Waals surface area contributed by atoms with Crippen molar-refractivity contribution in [2.75, 3.05) is 0 Å². The molecule has 0 spiro atoms. The Morgan fingerprint density at radius 1 is 1.00 bits per heavy atom. The molecule has 14 heavy (non-hydrogen) atoms. The molecule has 0 aliphatic rings. The summed E-state index contributed by atoms with van der Waals surface area (Å²) in [7, 11) is 0. The SMILES string of the molecule is CCCC(C)C(C)C(C)(C)C(C)CC. The van der Waals surface area contributed by atoms with Crippen LogP contribution in [0.5, 0.6) is 0 Å². The van der Waals surface area contributed by atoms with Gasteiger partial charge >= 0.3 is 0 Å². The summed E-state index contributed by atoms with van der Waals surface area (Å²) in [6, 6.07) is 0. The monoisotopic (exact) mass is 198 g/mol. The molecule has 0 radical (unpaired) electrons. The fourth-order valence-corrected chi connectivity index (χ4v) is 2.41. The van der Waals surface area contributed by atoms with Crippen molar-refractivity contribution < 1.29 is 0 Å². The van der Waals surface area contributed by atoms with Crippen molar-refractivity contribution in [3.63, 3.8) is 0 Å². The number of hydrogen-bond acceptors (Lipinski definition) is 0. The quantitative estimate of drug-likeness (QED) is 0.555. The first kappa shape index (κ1) is 14.0. The van der Waals surface area contributed by atoms with E-state index in [9.17, 15) is 0 Å². The molecule has 0 heterocycles. The van der Waals surface area contributed by atoms with Crippen LogP contribution in [0.15, 0.2) is 0 Å².